The van der Waals surface area contributed by atoms with E-state index in [1.807, 2.05) is 20.8 Å². The van der Waals surface area contributed by atoms with Crippen molar-refractivity contribution in [2.45, 2.75) is 141 Å². The molecule has 0 spiro atoms. The van der Waals surface area contributed by atoms with E-state index in [1.54, 1.807) is 7.05 Å². The SMILES string of the molecule is CN(C(=O)[C@H](NC(=O)C(C)(C)C)C1CCCC1)[C@@H](CC1CCC1)C(=O)N[C@@H](C[C@@H]1CCCNC1=O)C(=O)C(=O)NC1CCCC1. The molecule has 4 aliphatic rings. The van der Waals surface area contributed by atoms with Gasteiger partial charge in [-0.2, -0.15) is 0 Å². The number of hydrogen-bond donors (Lipinski definition) is 4. The van der Waals surface area contributed by atoms with Crippen LogP contribution in [-0.4, -0.2) is 78.0 Å². The van der Waals surface area contributed by atoms with Crippen LogP contribution in [0.3, 0.4) is 0 Å². The van der Waals surface area contributed by atoms with E-state index in [0.717, 1.165) is 77.0 Å². The molecule has 252 valence electrons. The minimum Gasteiger partial charge on any atom is -0.356 e. The number of ketones is 1. The summed E-state index contributed by atoms with van der Waals surface area (Å²) >= 11 is 0. The molecule has 0 aromatic carbocycles. The van der Waals surface area contributed by atoms with Gasteiger partial charge in [-0.1, -0.05) is 65.7 Å². The first-order valence-corrected chi connectivity index (χ1v) is 17.4. The smallest absolute Gasteiger partial charge is 0.289 e. The van der Waals surface area contributed by atoms with E-state index in [2.05, 4.69) is 21.3 Å². The number of nitrogens with one attached hydrogen (secondary N) is 4. The van der Waals surface area contributed by atoms with Gasteiger partial charge in [-0.25, -0.2) is 0 Å². The third-order valence-corrected chi connectivity index (χ3v) is 10.5. The van der Waals surface area contributed by atoms with Crippen LogP contribution in [0.2, 0.25) is 0 Å². The van der Waals surface area contributed by atoms with Gasteiger partial charge >= 0.3 is 0 Å². The van der Waals surface area contributed by atoms with E-state index >= 15 is 0 Å². The van der Waals surface area contributed by atoms with E-state index in [1.165, 1.54) is 4.90 Å². The minimum absolute atomic E-state index is 0.0166. The molecule has 1 heterocycles. The van der Waals surface area contributed by atoms with Crippen molar-refractivity contribution < 1.29 is 28.8 Å². The average molecular weight is 630 g/mol. The third kappa shape index (κ3) is 9.28. The predicted molar refractivity (Wildman–Crippen MR) is 170 cm³/mol. The van der Waals surface area contributed by atoms with Gasteiger partial charge in [-0.15, -0.1) is 0 Å². The number of nitrogens with zero attached hydrogens (tertiary/aromatic N) is 1. The second-order valence-corrected chi connectivity index (χ2v) is 15.0. The largest absolute Gasteiger partial charge is 0.356 e. The Morgan fingerprint density at radius 1 is 0.844 bits per heavy atom. The molecule has 4 rings (SSSR count). The maximum Gasteiger partial charge on any atom is 0.289 e. The molecule has 1 saturated heterocycles. The van der Waals surface area contributed by atoms with Crippen LogP contribution in [0.1, 0.15) is 117 Å². The Morgan fingerprint density at radius 3 is 2.07 bits per heavy atom. The average Bonchev–Trinajstić information content (AvgIpc) is 3.69. The number of amides is 5. The Labute approximate surface area is 268 Å². The van der Waals surface area contributed by atoms with Crippen LogP contribution in [-0.2, 0) is 28.8 Å². The Bertz CT molecular complexity index is 1100. The molecule has 0 radical (unpaired) electrons. The Morgan fingerprint density at radius 2 is 1.49 bits per heavy atom. The van der Waals surface area contributed by atoms with Gasteiger partial charge in [0.2, 0.25) is 29.4 Å². The summed E-state index contributed by atoms with van der Waals surface area (Å²) in [6.45, 7) is 5.98. The first kappa shape index (κ1) is 34.9. The molecule has 0 unspecified atom stereocenters. The van der Waals surface area contributed by atoms with Crippen LogP contribution in [0.4, 0.5) is 0 Å². The zero-order chi connectivity index (χ0) is 32.7. The van der Waals surface area contributed by atoms with E-state index in [9.17, 15) is 28.8 Å². The molecule has 3 aliphatic carbocycles. The van der Waals surface area contributed by atoms with Crippen LogP contribution in [0.25, 0.3) is 0 Å². The molecular formula is C34H55N5O6. The fourth-order valence-corrected chi connectivity index (χ4v) is 7.22. The van der Waals surface area contributed by atoms with E-state index in [4.69, 9.17) is 0 Å². The minimum atomic E-state index is -1.19. The molecule has 4 N–H and O–H groups in total. The van der Waals surface area contributed by atoms with E-state index in [0.29, 0.717) is 19.4 Å². The summed E-state index contributed by atoms with van der Waals surface area (Å²) < 4.78 is 0. The maximum absolute atomic E-state index is 14.2. The third-order valence-electron chi connectivity index (χ3n) is 10.5. The molecule has 0 bridgehead atoms. The number of rotatable bonds is 13. The summed E-state index contributed by atoms with van der Waals surface area (Å²) in [5.41, 5.74) is -0.684. The Hall–Kier alpha value is -2.98. The Balaban J connectivity index is 1.55. The van der Waals surface area contributed by atoms with E-state index < -0.39 is 47.1 Å². The lowest BCUT2D eigenvalue weighted by Gasteiger charge is -2.37. The van der Waals surface area contributed by atoms with Crippen LogP contribution < -0.4 is 21.3 Å². The van der Waals surface area contributed by atoms with Gasteiger partial charge in [0, 0.05) is 31.0 Å². The second kappa shape index (κ2) is 15.5. The molecular weight excluding hydrogens is 574 g/mol. The van der Waals surface area contributed by atoms with Gasteiger partial charge in [-0.3, -0.25) is 28.8 Å². The van der Waals surface area contributed by atoms with Gasteiger partial charge in [0.15, 0.2) is 0 Å². The monoisotopic (exact) mass is 629 g/mol. The van der Waals surface area contributed by atoms with Crippen LogP contribution >= 0.6 is 0 Å². The fourth-order valence-electron chi connectivity index (χ4n) is 7.22. The molecule has 5 amide bonds. The van der Waals surface area contributed by atoms with Crippen LogP contribution in [0, 0.1) is 23.2 Å². The molecule has 0 aromatic rings. The quantitative estimate of drug-likeness (QED) is 0.230. The van der Waals surface area contributed by atoms with Crippen molar-refractivity contribution in [3.8, 4) is 0 Å². The molecule has 1 aliphatic heterocycles. The van der Waals surface area contributed by atoms with Crippen molar-refractivity contribution in [1.82, 2.24) is 26.2 Å². The molecule has 4 fully saturated rings. The molecule has 45 heavy (non-hydrogen) atoms. The van der Waals surface area contributed by atoms with Gasteiger partial charge in [0.25, 0.3) is 5.91 Å². The highest BCUT2D eigenvalue weighted by Crippen LogP contribution is 2.33. The summed E-state index contributed by atoms with van der Waals surface area (Å²) in [6.07, 6.45) is 11.9. The number of hydrogen-bond acceptors (Lipinski definition) is 6. The molecule has 4 atom stereocenters. The van der Waals surface area contributed by atoms with Gasteiger partial charge in [-0.05, 0) is 63.2 Å². The molecule has 0 aromatic heterocycles. The van der Waals surface area contributed by atoms with E-state index in [-0.39, 0.29) is 42.0 Å². The lowest BCUT2D eigenvalue weighted by molar-refractivity contribution is -0.146. The van der Waals surface area contributed by atoms with Crippen molar-refractivity contribution in [2.75, 3.05) is 13.6 Å². The Kier molecular flexibility index (Phi) is 12.0. The first-order chi connectivity index (χ1) is 21.3. The van der Waals surface area contributed by atoms with Crippen LogP contribution in [0.5, 0.6) is 0 Å². The zero-order valence-electron chi connectivity index (χ0n) is 27.8. The summed E-state index contributed by atoms with van der Waals surface area (Å²) in [5, 5.41) is 11.5. The first-order valence-electron chi connectivity index (χ1n) is 17.4. The van der Waals surface area contributed by atoms with Gasteiger partial charge in [0.1, 0.15) is 12.1 Å². The number of piperidine rings is 1. The molecule has 11 nitrogen and oxygen atoms in total. The highest BCUT2D eigenvalue weighted by Gasteiger charge is 2.42. The summed E-state index contributed by atoms with van der Waals surface area (Å²) in [6, 6.07) is -2.89. The number of carbonyl (C=O) groups excluding carboxylic acids is 6. The summed E-state index contributed by atoms with van der Waals surface area (Å²) in [5.74, 6) is -2.98. The highest BCUT2D eigenvalue weighted by molar-refractivity contribution is 6.38. The molecule has 3 saturated carbocycles. The van der Waals surface area contributed by atoms with Crippen molar-refractivity contribution in [2.24, 2.45) is 23.2 Å². The lowest BCUT2D eigenvalue weighted by Crippen LogP contribution is -2.60. The zero-order valence-corrected chi connectivity index (χ0v) is 27.8. The number of carbonyl (C=O) groups is 6. The topological polar surface area (TPSA) is 154 Å². The number of likely N-dealkylation sites (N-methyl/N-ethyl adjacent to an activating group) is 1. The van der Waals surface area contributed by atoms with Crippen LogP contribution in [0.15, 0.2) is 0 Å². The summed E-state index contributed by atoms with van der Waals surface area (Å²) in [4.78, 5) is 82.1. The van der Waals surface area contributed by atoms with Crippen molar-refractivity contribution in [3.05, 3.63) is 0 Å². The summed E-state index contributed by atoms with van der Waals surface area (Å²) in [7, 11) is 1.61. The second-order valence-electron chi connectivity index (χ2n) is 15.0. The normalized spacial score (nSPS) is 23.3. The lowest BCUT2D eigenvalue weighted by atomic mass is 9.80. The maximum atomic E-state index is 14.2. The van der Waals surface area contributed by atoms with Gasteiger partial charge in [0.05, 0.1) is 6.04 Å². The predicted octanol–water partition coefficient (Wildman–Crippen LogP) is 2.75. The van der Waals surface area contributed by atoms with Crippen molar-refractivity contribution in [1.29, 1.82) is 0 Å². The number of Topliss-reactive ketones (excluding diaryl/α,β-unsaturated/α-hetero) is 1. The van der Waals surface area contributed by atoms with Crippen molar-refractivity contribution >= 4 is 35.3 Å². The fraction of sp³-hybridized carbons (Fsp3) is 0.824. The molecule has 11 heteroatoms. The highest BCUT2D eigenvalue weighted by atomic mass is 16.2. The van der Waals surface area contributed by atoms with Gasteiger partial charge < -0.3 is 26.2 Å². The standard InChI is InChI=1S/C34H55N5O6/c1-34(2,3)33(45)38-27(22-13-5-6-14-22)32(44)39(4)26(19-21-11-9-12-21)30(42)37-25(20-23-15-10-18-35-29(23)41)28(40)31(43)36-24-16-7-8-17-24/h21-27H,5-20H2,1-4H3,(H,35,41)(H,36,43)(H,37,42)(H,38,45)/t23-,25-,26-,27+/m0/s1. The van der Waals surface area contributed by atoms with Crippen molar-refractivity contribution in [3.63, 3.8) is 0 Å².